The van der Waals surface area contributed by atoms with Gasteiger partial charge in [0.05, 0.1) is 12.9 Å². The van der Waals surface area contributed by atoms with Crippen LogP contribution in [0.25, 0.3) is 0 Å². The first-order chi connectivity index (χ1) is 11.9. The first-order valence-electron chi connectivity index (χ1n) is 9.50. The molecule has 2 aliphatic heterocycles. The van der Waals surface area contributed by atoms with Crippen molar-refractivity contribution in [3.05, 3.63) is 0 Å². The topological polar surface area (TPSA) is 74.2 Å². The predicted octanol–water partition coefficient (Wildman–Crippen LogP) is 1.60. The third kappa shape index (κ3) is 7.47. The minimum atomic E-state index is -3.05. The van der Waals surface area contributed by atoms with E-state index in [0.717, 1.165) is 64.6 Å². The van der Waals surface area contributed by atoms with Gasteiger partial charge in [0.15, 0.2) is 5.96 Å². The van der Waals surface area contributed by atoms with E-state index in [0.29, 0.717) is 24.9 Å². The fourth-order valence-electron chi connectivity index (χ4n) is 3.51. The van der Waals surface area contributed by atoms with Crippen molar-refractivity contribution in [1.82, 2.24) is 14.5 Å². The van der Waals surface area contributed by atoms with E-state index in [-0.39, 0.29) is 24.0 Å². The second kappa shape index (κ2) is 11.7. The lowest BCUT2D eigenvalue weighted by molar-refractivity contribution is 0.114. The molecule has 154 valence electrons. The number of piperidine rings is 1. The minimum absolute atomic E-state index is 0. The highest BCUT2D eigenvalue weighted by Crippen LogP contribution is 2.20. The fourth-order valence-corrected chi connectivity index (χ4v) is 4.38. The zero-order valence-corrected chi connectivity index (χ0v) is 19.5. The van der Waals surface area contributed by atoms with Gasteiger partial charge in [0.25, 0.3) is 0 Å². The molecule has 1 unspecified atom stereocenters. The molecule has 0 saturated carbocycles. The van der Waals surface area contributed by atoms with Gasteiger partial charge in [-0.2, -0.15) is 0 Å². The number of halogens is 1. The highest BCUT2D eigenvalue weighted by atomic mass is 127. The van der Waals surface area contributed by atoms with Gasteiger partial charge in [-0.1, -0.05) is 0 Å². The Hall–Kier alpha value is -0.130. The van der Waals surface area contributed by atoms with Crippen LogP contribution in [0, 0.1) is 11.8 Å². The van der Waals surface area contributed by atoms with E-state index >= 15 is 0 Å². The zero-order valence-electron chi connectivity index (χ0n) is 16.3. The van der Waals surface area contributed by atoms with Crippen LogP contribution < -0.4 is 5.32 Å². The Morgan fingerprint density at radius 3 is 2.38 bits per heavy atom. The first-order valence-corrected chi connectivity index (χ1v) is 11.3. The number of sulfonamides is 1. The van der Waals surface area contributed by atoms with E-state index in [9.17, 15) is 8.42 Å². The quantitative estimate of drug-likeness (QED) is 0.325. The Kier molecular flexibility index (Phi) is 10.7. The number of aliphatic imine (C=N–C) groups is 1. The summed E-state index contributed by atoms with van der Waals surface area (Å²) < 4.78 is 30.3. The summed E-state index contributed by atoms with van der Waals surface area (Å²) in [7, 11) is -3.05. The van der Waals surface area contributed by atoms with E-state index < -0.39 is 10.0 Å². The number of ether oxygens (including phenoxy) is 1. The minimum Gasteiger partial charge on any atom is -0.381 e. The molecule has 2 aliphatic rings. The molecule has 2 saturated heterocycles. The molecule has 0 radical (unpaired) electrons. The van der Waals surface area contributed by atoms with Crippen LogP contribution in [-0.2, 0) is 14.8 Å². The zero-order chi connectivity index (χ0) is 18.3. The van der Waals surface area contributed by atoms with Crippen LogP contribution in [0.1, 0.15) is 33.1 Å². The Labute approximate surface area is 176 Å². The third-order valence-electron chi connectivity index (χ3n) is 5.02. The molecule has 0 aromatic carbocycles. The van der Waals surface area contributed by atoms with Crippen molar-refractivity contribution < 1.29 is 13.2 Å². The average molecular weight is 502 g/mol. The second-order valence-electron chi connectivity index (χ2n) is 7.06. The van der Waals surface area contributed by atoms with Crippen LogP contribution in [0.3, 0.4) is 0 Å². The highest BCUT2D eigenvalue weighted by molar-refractivity contribution is 14.0. The van der Waals surface area contributed by atoms with Crippen molar-refractivity contribution in [2.45, 2.75) is 33.1 Å². The van der Waals surface area contributed by atoms with Crippen LogP contribution in [0.2, 0.25) is 0 Å². The van der Waals surface area contributed by atoms with Crippen molar-refractivity contribution in [3.8, 4) is 0 Å². The van der Waals surface area contributed by atoms with Crippen LogP contribution in [-0.4, -0.2) is 82.3 Å². The first kappa shape index (κ1) is 23.9. The molecule has 7 nitrogen and oxygen atoms in total. The van der Waals surface area contributed by atoms with E-state index in [2.05, 4.69) is 17.1 Å². The van der Waals surface area contributed by atoms with Crippen LogP contribution in [0.5, 0.6) is 0 Å². The van der Waals surface area contributed by atoms with Gasteiger partial charge in [0.1, 0.15) is 0 Å². The van der Waals surface area contributed by atoms with Gasteiger partial charge in [0, 0.05) is 51.8 Å². The smallest absolute Gasteiger partial charge is 0.211 e. The van der Waals surface area contributed by atoms with Gasteiger partial charge in [-0.3, -0.25) is 4.99 Å². The third-order valence-corrected chi connectivity index (χ3v) is 6.32. The summed E-state index contributed by atoms with van der Waals surface area (Å²) >= 11 is 0. The Balaban J connectivity index is 0.00000338. The summed E-state index contributed by atoms with van der Waals surface area (Å²) in [5.74, 6) is 2.04. The molecular formula is C17H35IN4O3S. The fraction of sp³-hybridized carbons (Fsp3) is 0.941. The molecule has 0 bridgehead atoms. The molecule has 2 rings (SSSR count). The van der Waals surface area contributed by atoms with Crippen LogP contribution >= 0.6 is 24.0 Å². The number of hydrogen-bond acceptors (Lipinski definition) is 4. The van der Waals surface area contributed by atoms with E-state index in [1.54, 1.807) is 4.31 Å². The van der Waals surface area contributed by atoms with E-state index in [4.69, 9.17) is 9.73 Å². The average Bonchev–Trinajstić information content (AvgIpc) is 3.05. The van der Waals surface area contributed by atoms with Gasteiger partial charge >= 0.3 is 0 Å². The SMILES string of the molecule is CCNC(=NCC1CCN(S(C)(=O)=O)CC1)N1CCC(COCC)C1.I. The molecule has 9 heteroatoms. The lowest BCUT2D eigenvalue weighted by Gasteiger charge is -2.30. The molecule has 1 N–H and O–H groups in total. The van der Waals surface area contributed by atoms with Gasteiger partial charge in [-0.25, -0.2) is 12.7 Å². The summed E-state index contributed by atoms with van der Waals surface area (Å²) in [5, 5.41) is 3.40. The van der Waals surface area contributed by atoms with Crippen molar-refractivity contribution in [1.29, 1.82) is 0 Å². The van der Waals surface area contributed by atoms with Crippen molar-refractivity contribution in [2.24, 2.45) is 16.8 Å². The molecule has 0 spiro atoms. The maximum absolute atomic E-state index is 11.6. The van der Waals surface area contributed by atoms with E-state index in [1.165, 1.54) is 6.26 Å². The summed E-state index contributed by atoms with van der Waals surface area (Å²) in [6.07, 6.45) is 4.23. The number of likely N-dealkylation sites (tertiary alicyclic amines) is 1. The van der Waals surface area contributed by atoms with Gasteiger partial charge in [-0.15, -0.1) is 24.0 Å². The monoisotopic (exact) mass is 502 g/mol. The molecule has 0 aromatic rings. The summed E-state index contributed by atoms with van der Waals surface area (Å²) in [5.41, 5.74) is 0. The van der Waals surface area contributed by atoms with E-state index in [1.807, 2.05) is 6.92 Å². The predicted molar refractivity (Wildman–Crippen MR) is 117 cm³/mol. The number of hydrogen-bond donors (Lipinski definition) is 1. The summed E-state index contributed by atoms with van der Waals surface area (Å²) in [6.45, 7) is 10.6. The maximum Gasteiger partial charge on any atom is 0.211 e. The number of rotatable bonds is 7. The van der Waals surface area contributed by atoms with Crippen LogP contribution in [0.15, 0.2) is 4.99 Å². The molecule has 0 aromatic heterocycles. The molecule has 2 fully saturated rings. The van der Waals surface area contributed by atoms with Gasteiger partial charge in [-0.05, 0) is 39.0 Å². The largest absolute Gasteiger partial charge is 0.381 e. The highest BCUT2D eigenvalue weighted by Gasteiger charge is 2.27. The summed E-state index contributed by atoms with van der Waals surface area (Å²) in [4.78, 5) is 7.18. The summed E-state index contributed by atoms with van der Waals surface area (Å²) in [6, 6.07) is 0. The van der Waals surface area contributed by atoms with Gasteiger partial charge in [0.2, 0.25) is 10.0 Å². The number of guanidine groups is 1. The van der Waals surface area contributed by atoms with Crippen molar-refractivity contribution in [3.63, 3.8) is 0 Å². The molecule has 0 amide bonds. The Bertz CT molecular complexity index is 536. The van der Waals surface area contributed by atoms with Crippen molar-refractivity contribution in [2.75, 3.05) is 58.7 Å². The standard InChI is InChI=1S/C17H34N4O3S.HI/c1-4-18-17(20-9-6-16(13-20)14-24-5-2)19-12-15-7-10-21(11-8-15)25(3,22)23;/h15-16H,4-14H2,1-3H3,(H,18,19);1H. The molecule has 2 heterocycles. The molecule has 26 heavy (non-hydrogen) atoms. The van der Waals surface area contributed by atoms with Crippen LogP contribution in [0.4, 0.5) is 0 Å². The molecule has 1 atom stereocenters. The van der Waals surface area contributed by atoms with Gasteiger partial charge < -0.3 is 15.0 Å². The Morgan fingerprint density at radius 1 is 1.15 bits per heavy atom. The maximum atomic E-state index is 11.6. The normalized spacial score (nSPS) is 23.1. The number of nitrogens with zero attached hydrogens (tertiary/aromatic N) is 3. The second-order valence-corrected chi connectivity index (χ2v) is 9.04. The lowest BCUT2D eigenvalue weighted by Crippen LogP contribution is -2.41. The van der Waals surface area contributed by atoms with Crippen molar-refractivity contribution >= 4 is 40.0 Å². The Morgan fingerprint density at radius 2 is 1.81 bits per heavy atom. The lowest BCUT2D eigenvalue weighted by atomic mass is 9.98. The molecule has 0 aliphatic carbocycles. The molecular weight excluding hydrogens is 467 g/mol. The number of nitrogens with one attached hydrogen (secondary N) is 1.